The monoisotopic (exact) mass is 406 g/mol. The average molecular weight is 407 g/mol. The van der Waals surface area contributed by atoms with Gasteiger partial charge in [0.25, 0.3) is 0 Å². The van der Waals surface area contributed by atoms with Gasteiger partial charge in [0.2, 0.25) is 0 Å². The molecule has 4 atom stereocenters. The molecule has 3 rings (SSSR count). The lowest BCUT2D eigenvalue weighted by Gasteiger charge is -2.31. The van der Waals surface area contributed by atoms with E-state index in [4.69, 9.17) is 26.8 Å². The summed E-state index contributed by atoms with van der Waals surface area (Å²) in [6.07, 6.45) is 7.16. The molecule has 6 nitrogen and oxygen atoms in total. The Morgan fingerprint density at radius 2 is 2.04 bits per heavy atom. The zero-order valence-corrected chi connectivity index (χ0v) is 16.8. The molecular weight excluding hydrogens is 380 g/mol. The van der Waals surface area contributed by atoms with Gasteiger partial charge in [-0.05, 0) is 37.7 Å². The number of halogens is 1. The number of rotatable bonds is 9. The molecule has 1 aliphatic carbocycles. The van der Waals surface area contributed by atoms with E-state index in [1.54, 1.807) is 12.1 Å². The second kappa shape index (κ2) is 9.54. The van der Waals surface area contributed by atoms with Crippen LogP contribution in [0.2, 0.25) is 5.02 Å². The number of carbonyl (C=O) groups is 2. The third-order valence-corrected chi connectivity index (χ3v) is 5.89. The second-order valence-electron chi connectivity index (χ2n) is 7.42. The van der Waals surface area contributed by atoms with E-state index in [9.17, 15) is 9.59 Å². The molecule has 1 aromatic carbocycles. The van der Waals surface area contributed by atoms with Gasteiger partial charge in [-0.25, -0.2) is 0 Å². The molecule has 1 fully saturated rings. The molecule has 1 aliphatic heterocycles. The van der Waals surface area contributed by atoms with Crippen LogP contribution in [0.1, 0.15) is 31.2 Å². The maximum absolute atomic E-state index is 12.3. The maximum Gasteiger partial charge on any atom is 0.323 e. The number of hydrogen-bond donors (Lipinski definition) is 1. The minimum Gasteiger partial charge on any atom is -0.468 e. The number of likely N-dealkylation sites (tertiary alicyclic amines) is 1. The fourth-order valence-corrected chi connectivity index (χ4v) is 4.16. The van der Waals surface area contributed by atoms with Crippen LogP contribution in [0.25, 0.3) is 0 Å². The lowest BCUT2D eigenvalue weighted by molar-refractivity contribution is -0.147. The fourth-order valence-electron chi connectivity index (χ4n) is 3.97. The van der Waals surface area contributed by atoms with E-state index >= 15 is 0 Å². The first-order valence-corrected chi connectivity index (χ1v) is 10.0. The minimum atomic E-state index is -0.726. The molecule has 1 saturated heterocycles. The lowest BCUT2D eigenvalue weighted by atomic mass is 10.0. The number of benzene rings is 1. The van der Waals surface area contributed by atoms with E-state index in [0.717, 1.165) is 18.5 Å². The van der Waals surface area contributed by atoms with Crippen LogP contribution >= 0.6 is 11.6 Å². The summed E-state index contributed by atoms with van der Waals surface area (Å²) in [6, 6.07) is 6.50. The standard InChI is InChI=1S/C21H27ClN2O4/c1-27-21(26)19(24-12-14-9-10-16(24)11-14)8-4-7-18(23)20(25)28-13-15-5-2-3-6-17(15)22/h2-3,5-6,9-10,14,16,18-19H,4,7-8,11-13,23H2,1H3. The molecule has 0 aromatic heterocycles. The van der Waals surface area contributed by atoms with Crippen molar-refractivity contribution in [3.8, 4) is 0 Å². The maximum atomic E-state index is 12.3. The normalized spacial score (nSPS) is 22.8. The zero-order valence-electron chi connectivity index (χ0n) is 16.1. The van der Waals surface area contributed by atoms with E-state index in [1.807, 2.05) is 12.1 Å². The van der Waals surface area contributed by atoms with Gasteiger partial charge in [0.05, 0.1) is 7.11 Å². The lowest BCUT2D eigenvalue weighted by Crippen LogP contribution is -2.45. The highest BCUT2D eigenvalue weighted by molar-refractivity contribution is 6.31. The molecule has 4 unspecified atom stereocenters. The van der Waals surface area contributed by atoms with Crippen molar-refractivity contribution in [2.24, 2.45) is 11.7 Å². The van der Waals surface area contributed by atoms with E-state index < -0.39 is 12.0 Å². The molecular formula is C21H27ClN2O4. The number of fused-ring (bicyclic) bond motifs is 2. The summed E-state index contributed by atoms with van der Waals surface area (Å²) < 4.78 is 10.3. The molecule has 2 bridgehead atoms. The van der Waals surface area contributed by atoms with Crippen molar-refractivity contribution in [3.05, 3.63) is 47.0 Å². The Kier molecular flexibility index (Phi) is 7.10. The van der Waals surface area contributed by atoms with E-state index in [1.165, 1.54) is 7.11 Å². The van der Waals surface area contributed by atoms with Crippen molar-refractivity contribution in [1.82, 2.24) is 4.90 Å². The first kappa shape index (κ1) is 20.8. The topological polar surface area (TPSA) is 81.9 Å². The van der Waals surface area contributed by atoms with Crippen LogP contribution < -0.4 is 5.73 Å². The number of ether oxygens (including phenoxy) is 2. The molecule has 28 heavy (non-hydrogen) atoms. The third-order valence-electron chi connectivity index (χ3n) is 5.52. The molecule has 0 radical (unpaired) electrons. The Labute approximate surface area is 170 Å². The Bertz CT molecular complexity index is 739. The number of hydrogen-bond acceptors (Lipinski definition) is 6. The van der Waals surface area contributed by atoms with Gasteiger partial charge in [-0.1, -0.05) is 42.0 Å². The predicted octanol–water partition coefficient (Wildman–Crippen LogP) is 2.68. The molecule has 0 saturated carbocycles. The molecule has 1 aromatic rings. The highest BCUT2D eigenvalue weighted by Gasteiger charge is 2.40. The second-order valence-corrected chi connectivity index (χ2v) is 7.83. The van der Waals surface area contributed by atoms with Crippen LogP contribution in [0.15, 0.2) is 36.4 Å². The predicted molar refractivity (Wildman–Crippen MR) is 107 cm³/mol. The van der Waals surface area contributed by atoms with Crippen molar-refractivity contribution in [2.45, 2.75) is 50.4 Å². The largest absolute Gasteiger partial charge is 0.468 e. The Morgan fingerprint density at radius 1 is 1.25 bits per heavy atom. The molecule has 0 amide bonds. The summed E-state index contributed by atoms with van der Waals surface area (Å²) in [5, 5.41) is 0.554. The van der Waals surface area contributed by atoms with Gasteiger partial charge in [0, 0.05) is 23.2 Å². The van der Waals surface area contributed by atoms with Crippen LogP contribution in [-0.4, -0.2) is 48.6 Å². The number of methoxy groups -OCH3 is 1. The Morgan fingerprint density at radius 3 is 2.68 bits per heavy atom. The van der Waals surface area contributed by atoms with Crippen LogP contribution in [-0.2, 0) is 25.7 Å². The fraction of sp³-hybridized carbons (Fsp3) is 0.524. The van der Waals surface area contributed by atoms with E-state index in [2.05, 4.69) is 17.1 Å². The smallest absolute Gasteiger partial charge is 0.323 e. The van der Waals surface area contributed by atoms with Crippen molar-refractivity contribution < 1.29 is 19.1 Å². The van der Waals surface area contributed by atoms with Crippen LogP contribution in [0.4, 0.5) is 0 Å². The number of nitrogens with two attached hydrogens (primary N) is 1. The zero-order chi connectivity index (χ0) is 20.1. The first-order valence-electron chi connectivity index (χ1n) is 9.67. The summed E-state index contributed by atoms with van der Waals surface area (Å²) in [7, 11) is 1.41. The Hall–Kier alpha value is -1.89. The van der Waals surface area contributed by atoms with Gasteiger partial charge in [0.1, 0.15) is 18.7 Å². The van der Waals surface area contributed by atoms with Crippen LogP contribution in [0.3, 0.4) is 0 Å². The summed E-state index contributed by atoms with van der Waals surface area (Å²) >= 11 is 6.06. The van der Waals surface area contributed by atoms with Gasteiger partial charge in [0.15, 0.2) is 0 Å². The highest BCUT2D eigenvalue weighted by atomic mass is 35.5. The summed E-state index contributed by atoms with van der Waals surface area (Å²) in [5.41, 5.74) is 6.72. The molecule has 2 aliphatic rings. The third kappa shape index (κ3) is 4.93. The minimum absolute atomic E-state index is 0.0974. The van der Waals surface area contributed by atoms with Crippen LogP contribution in [0.5, 0.6) is 0 Å². The number of nitrogens with zero attached hydrogens (tertiary/aromatic N) is 1. The average Bonchev–Trinajstić information content (AvgIpc) is 3.33. The van der Waals surface area contributed by atoms with Crippen molar-refractivity contribution in [1.29, 1.82) is 0 Å². The van der Waals surface area contributed by atoms with Crippen LogP contribution in [0, 0.1) is 5.92 Å². The van der Waals surface area contributed by atoms with Crippen molar-refractivity contribution in [2.75, 3.05) is 13.7 Å². The van der Waals surface area contributed by atoms with Crippen molar-refractivity contribution in [3.63, 3.8) is 0 Å². The highest BCUT2D eigenvalue weighted by Crippen LogP contribution is 2.34. The summed E-state index contributed by atoms with van der Waals surface area (Å²) in [5.74, 6) is -0.160. The molecule has 1 heterocycles. The van der Waals surface area contributed by atoms with E-state index in [-0.39, 0.29) is 18.6 Å². The van der Waals surface area contributed by atoms with Gasteiger partial charge >= 0.3 is 11.9 Å². The molecule has 0 spiro atoms. The van der Waals surface area contributed by atoms with Crippen molar-refractivity contribution >= 4 is 23.5 Å². The quantitative estimate of drug-likeness (QED) is 0.501. The van der Waals surface area contributed by atoms with Gasteiger partial charge in [-0.2, -0.15) is 0 Å². The molecule has 7 heteroatoms. The number of carbonyl (C=O) groups excluding carboxylic acids is 2. The van der Waals surface area contributed by atoms with Gasteiger partial charge in [-0.3, -0.25) is 14.5 Å². The Balaban J connectivity index is 1.45. The summed E-state index contributed by atoms with van der Waals surface area (Å²) in [4.78, 5) is 26.6. The summed E-state index contributed by atoms with van der Waals surface area (Å²) in [6.45, 7) is 0.979. The van der Waals surface area contributed by atoms with Gasteiger partial charge in [-0.15, -0.1) is 0 Å². The molecule has 152 valence electrons. The van der Waals surface area contributed by atoms with E-state index in [0.29, 0.717) is 36.2 Å². The van der Waals surface area contributed by atoms with Gasteiger partial charge < -0.3 is 15.2 Å². The first-order chi connectivity index (χ1) is 13.5. The number of esters is 2. The molecule has 2 N–H and O–H groups in total. The SMILES string of the molecule is COC(=O)C(CCCC(N)C(=O)OCc1ccccc1Cl)N1CC2C=CC1C2.